The van der Waals surface area contributed by atoms with Gasteiger partial charge in [-0.2, -0.15) is 9.48 Å². The molecule has 0 amide bonds. The predicted molar refractivity (Wildman–Crippen MR) is 133 cm³/mol. The highest BCUT2D eigenvalue weighted by Gasteiger charge is 2.17. The van der Waals surface area contributed by atoms with Crippen LogP contribution in [0.15, 0.2) is 119 Å². The molecule has 4 aromatic rings. The van der Waals surface area contributed by atoms with Gasteiger partial charge in [0.15, 0.2) is 11.5 Å². The second-order valence-corrected chi connectivity index (χ2v) is 8.97. The molecule has 0 saturated heterocycles. The van der Waals surface area contributed by atoms with Crippen LogP contribution in [0.5, 0.6) is 5.75 Å². The number of rotatable bonds is 6. The van der Waals surface area contributed by atoms with Gasteiger partial charge in [-0.3, -0.25) is 13.9 Å². The molecule has 8 nitrogen and oxygen atoms in total. The molecule has 0 atom stereocenters. The van der Waals surface area contributed by atoms with Crippen LogP contribution in [0.25, 0.3) is 0 Å². The standard InChI is InChI=1S/C25H23N5O3S/c1-29-23(28-34(20-10-6-4-7-11-20)21-12-8-5-9-13-21)22(24(31)30(2)25(29)32)27-26-18-14-16-19(33-3)17-15-18/h4-17H,1-3H3. The van der Waals surface area contributed by atoms with Crippen LogP contribution in [0, 0.1) is 0 Å². The average molecular weight is 474 g/mol. The number of methoxy groups -OCH3 is 1. The molecular weight excluding hydrogens is 450 g/mol. The molecule has 0 aliphatic rings. The van der Waals surface area contributed by atoms with E-state index in [0.29, 0.717) is 11.4 Å². The van der Waals surface area contributed by atoms with E-state index in [0.717, 1.165) is 14.4 Å². The topological polar surface area (TPSA) is 90.3 Å². The molecule has 0 saturated carbocycles. The molecular formula is C25H23N5O3S. The first kappa shape index (κ1) is 23.1. The van der Waals surface area contributed by atoms with E-state index < -0.39 is 21.9 Å². The van der Waals surface area contributed by atoms with Crippen molar-refractivity contribution in [2.75, 3.05) is 7.11 Å². The molecule has 1 aromatic heterocycles. The van der Waals surface area contributed by atoms with Crippen LogP contribution >= 0.6 is 0 Å². The van der Waals surface area contributed by atoms with E-state index in [1.165, 1.54) is 11.6 Å². The first-order valence-corrected chi connectivity index (χ1v) is 11.6. The molecule has 0 bridgehead atoms. The summed E-state index contributed by atoms with van der Waals surface area (Å²) in [6, 6.07) is 26.4. The van der Waals surface area contributed by atoms with Gasteiger partial charge >= 0.3 is 5.69 Å². The number of azo groups is 1. The molecule has 1 heterocycles. The summed E-state index contributed by atoms with van der Waals surface area (Å²) >= 11 is 0. The fourth-order valence-corrected chi connectivity index (χ4v) is 4.89. The molecule has 0 unspecified atom stereocenters. The normalized spacial score (nSPS) is 11.2. The van der Waals surface area contributed by atoms with Gasteiger partial charge in [0.25, 0.3) is 5.56 Å². The van der Waals surface area contributed by atoms with Crippen molar-refractivity contribution in [3.05, 3.63) is 106 Å². The summed E-state index contributed by atoms with van der Waals surface area (Å²) in [4.78, 5) is 27.7. The molecule has 0 aliphatic heterocycles. The lowest BCUT2D eigenvalue weighted by Gasteiger charge is -2.13. The molecule has 34 heavy (non-hydrogen) atoms. The zero-order valence-electron chi connectivity index (χ0n) is 19.0. The monoisotopic (exact) mass is 473 g/mol. The van der Waals surface area contributed by atoms with Gasteiger partial charge < -0.3 is 4.74 Å². The second kappa shape index (κ2) is 10.2. The number of hydrogen-bond acceptors (Lipinski definition) is 6. The SMILES string of the molecule is COc1ccc(N=Nc2c(N=S(c3ccccc3)c3ccccc3)n(C)c(=O)n(C)c2=O)cc1. The summed E-state index contributed by atoms with van der Waals surface area (Å²) in [6.07, 6.45) is 0. The Labute approximate surface area is 198 Å². The van der Waals surface area contributed by atoms with Crippen molar-refractivity contribution in [2.24, 2.45) is 28.7 Å². The Morgan fingerprint density at radius 3 is 1.82 bits per heavy atom. The largest absolute Gasteiger partial charge is 0.497 e. The molecule has 0 fully saturated rings. The molecule has 0 aliphatic carbocycles. The van der Waals surface area contributed by atoms with Gasteiger partial charge in [0, 0.05) is 23.9 Å². The Balaban J connectivity index is 1.94. The van der Waals surface area contributed by atoms with E-state index in [2.05, 4.69) is 10.2 Å². The van der Waals surface area contributed by atoms with Crippen LogP contribution in [0.2, 0.25) is 0 Å². The van der Waals surface area contributed by atoms with Gasteiger partial charge in [-0.15, -0.1) is 5.11 Å². The maximum atomic E-state index is 13.1. The van der Waals surface area contributed by atoms with Crippen molar-refractivity contribution in [3.8, 4) is 5.75 Å². The van der Waals surface area contributed by atoms with Crippen LogP contribution in [-0.2, 0) is 24.8 Å². The lowest BCUT2D eigenvalue weighted by molar-refractivity contribution is 0.415. The summed E-state index contributed by atoms with van der Waals surface area (Å²) in [7, 11) is 3.76. The van der Waals surface area contributed by atoms with Crippen molar-refractivity contribution in [1.82, 2.24) is 9.13 Å². The Morgan fingerprint density at radius 2 is 1.29 bits per heavy atom. The lowest BCUT2D eigenvalue weighted by Crippen LogP contribution is -2.36. The summed E-state index contributed by atoms with van der Waals surface area (Å²) in [5, 5.41) is 8.46. The van der Waals surface area contributed by atoms with Crippen LogP contribution in [0.1, 0.15) is 0 Å². The van der Waals surface area contributed by atoms with Gasteiger partial charge in [0.1, 0.15) is 5.75 Å². The van der Waals surface area contributed by atoms with Crippen LogP contribution < -0.4 is 16.0 Å². The van der Waals surface area contributed by atoms with E-state index >= 15 is 0 Å². The summed E-state index contributed by atoms with van der Waals surface area (Å²) in [6.45, 7) is 0. The van der Waals surface area contributed by atoms with Gasteiger partial charge in [-0.05, 0) is 59.2 Å². The zero-order valence-corrected chi connectivity index (χ0v) is 19.8. The Hall–Kier alpha value is -4.11. The van der Waals surface area contributed by atoms with Crippen molar-refractivity contribution >= 4 is 27.9 Å². The first-order valence-electron chi connectivity index (χ1n) is 10.4. The van der Waals surface area contributed by atoms with E-state index in [4.69, 9.17) is 9.10 Å². The van der Waals surface area contributed by atoms with E-state index in [9.17, 15) is 9.59 Å². The Morgan fingerprint density at radius 1 is 0.735 bits per heavy atom. The Bertz CT molecular complexity index is 1430. The number of benzene rings is 3. The minimum absolute atomic E-state index is 0.00946. The van der Waals surface area contributed by atoms with Crippen LogP contribution in [-0.4, -0.2) is 16.2 Å². The number of ether oxygens (including phenoxy) is 1. The maximum Gasteiger partial charge on any atom is 0.332 e. The molecule has 0 N–H and O–H groups in total. The van der Waals surface area contributed by atoms with Gasteiger partial charge in [-0.1, -0.05) is 36.4 Å². The van der Waals surface area contributed by atoms with Gasteiger partial charge in [-0.25, -0.2) is 4.79 Å². The lowest BCUT2D eigenvalue weighted by atomic mass is 10.3. The highest BCUT2D eigenvalue weighted by Crippen LogP contribution is 2.29. The van der Waals surface area contributed by atoms with Crippen LogP contribution in [0.3, 0.4) is 0 Å². The Kier molecular flexibility index (Phi) is 6.93. The molecule has 0 spiro atoms. The fourth-order valence-electron chi connectivity index (χ4n) is 3.19. The maximum absolute atomic E-state index is 13.1. The highest BCUT2D eigenvalue weighted by atomic mass is 32.2. The van der Waals surface area contributed by atoms with Crippen molar-refractivity contribution in [1.29, 1.82) is 0 Å². The van der Waals surface area contributed by atoms with E-state index in [-0.39, 0.29) is 11.5 Å². The number of nitrogens with zero attached hydrogens (tertiary/aromatic N) is 5. The fraction of sp³-hybridized carbons (Fsp3) is 0.120. The number of aromatic nitrogens is 2. The van der Waals surface area contributed by atoms with Crippen molar-refractivity contribution in [2.45, 2.75) is 9.79 Å². The minimum atomic E-state index is -0.799. The summed E-state index contributed by atoms with van der Waals surface area (Å²) in [5.74, 6) is 0.851. The van der Waals surface area contributed by atoms with E-state index in [1.54, 1.807) is 38.4 Å². The third-order valence-corrected chi connectivity index (χ3v) is 6.85. The second-order valence-electron chi connectivity index (χ2n) is 7.28. The summed E-state index contributed by atoms with van der Waals surface area (Å²) in [5.41, 5.74) is -0.529. The predicted octanol–water partition coefficient (Wildman–Crippen LogP) is 5.06. The molecule has 172 valence electrons. The first-order chi connectivity index (χ1) is 16.5. The average Bonchev–Trinajstić information content (AvgIpc) is 2.89. The van der Waals surface area contributed by atoms with Gasteiger partial charge in [0.05, 0.1) is 12.8 Å². The van der Waals surface area contributed by atoms with Crippen molar-refractivity contribution in [3.63, 3.8) is 0 Å². The van der Waals surface area contributed by atoms with E-state index in [1.807, 2.05) is 60.7 Å². The van der Waals surface area contributed by atoms with Crippen LogP contribution in [0.4, 0.5) is 17.2 Å². The van der Waals surface area contributed by atoms with Crippen molar-refractivity contribution < 1.29 is 4.74 Å². The third-order valence-electron chi connectivity index (χ3n) is 5.06. The molecule has 0 radical (unpaired) electrons. The third kappa shape index (κ3) is 4.79. The molecule has 3 aromatic carbocycles. The quantitative estimate of drug-likeness (QED) is 0.367. The summed E-state index contributed by atoms with van der Waals surface area (Å²) < 4.78 is 12.4. The number of hydrogen-bond donors (Lipinski definition) is 0. The van der Waals surface area contributed by atoms with Gasteiger partial charge in [0.2, 0.25) is 0 Å². The smallest absolute Gasteiger partial charge is 0.332 e. The molecule has 4 rings (SSSR count). The minimum Gasteiger partial charge on any atom is -0.497 e. The molecule has 9 heteroatoms. The highest BCUT2D eigenvalue weighted by molar-refractivity contribution is 7.87. The zero-order chi connectivity index (χ0) is 24.1.